The molecule has 2 heterocycles. The van der Waals surface area contributed by atoms with Crippen LogP contribution in [0.4, 0.5) is 4.79 Å². The largest absolute Gasteiger partial charge is 0.772 e. The Morgan fingerprint density at radius 2 is 2.03 bits per heavy atom. The number of oxime groups is 1. The minimum atomic E-state index is -3.09. The number of carbonyl (C=O) groups excluding carboxylic acids is 3. The van der Waals surface area contributed by atoms with Crippen LogP contribution in [-0.4, -0.2) is 88.1 Å². The molecule has 0 spiro atoms. The first-order valence-electron chi connectivity index (χ1n) is 10.6. The summed E-state index contributed by atoms with van der Waals surface area (Å²) in [5.41, 5.74) is 4.24. The van der Waals surface area contributed by atoms with Gasteiger partial charge in [-0.25, -0.2) is 15.0 Å². The number of phenolic OH excluding ortho intramolecular Hbond substituents is 2. The fourth-order valence-corrected chi connectivity index (χ4v) is 4.59. The van der Waals surface area contributed by atoms with Gasteiger partial charge in [-0.1, -0.05) is 16.8 Å². The number of carbonyl (C=O) groups is 4. The molecule has 3 amide bonds. The van der Waals surface area contributed by atoms with Crippen molar-refractivity contribution in [3.05, 3.63) is 22.7 Å². The van der Waals surface area contributed by atoms with Crippen LogP contribution in [0.5, 0.6) is 11.5 Å². The third-order valence-corrected chi connectivity index (χ3v) is 7.33. The molecule has 5 N–H and O–H groups in total. The quantitative estimate of drug-likeness (QED) is 0.120. The lowest BCUT2D eigenvalue weighted by molar-refractivity contribution is -0.163. The van der Waals surface area contributed by atoms with Crippen molar-refractivity contribution < 1.29 is 52.8 Å². The summed E-state index contributed by atoms with van der Waals surface area (Å²) in [6, 6.07) is 0.174. The number of halogens is 1. The van der Waals surface area contributed by atoms with Crippen molar-refractivity contribution in [1.82, 2.24) is 15.8 Å². The van der Waals surface area contributed by atoms with Crippen molar-refractivity contribution in [2.75, 3.05) is 6.61 Å². The number of amides is 3. The summed E-state index contributed by atoms with van der Waals surface area (Å²) < 4.78 is 26.5. The zero-order chi connectivity index (χ0) is 27.7. The first-order chi connectivity index (χ1) is 17.3. The van der Waals surface area contributed by atoms with Gasteiger partial charge in [-0.3, -0.25) is 19.2 Å². The van der Waals surface area contributed by atoms with E-state index in [9.17, 15) is 43.3 Å². The standard InChI is InChI=1S/C20H23ClN4O11S/c1-8-5-13(27)25(8)16(18(30)31)20(2,37(33)34)7-35-19(32)23-22-17(29)12-6-10(24-36-12)9-3-4-11(26)15(28)14(9)21/h3-4,8,12,16,26,28H,5-7H2,1-2H3,(H,22,29)(H,23,32)(H,30,31)(H,33,34)/p-1/t8-,12?,16+,20+/m1/s1. The molecular formula is C20H22ClN4O11S-. The van der Waals surface area contributed by atoms with E-state index in [0.29, 0.717) is 0 Å². The second-order valence-corrected chi connectivity index (χ2v) is 10.2. The second kappa shape index (κ2) is 10.8. The highest BCUT2D eigenvalue weighted by molar-refractivity contribution is 7.80. The molecule has 0 radical (unpaired) electrons. The van der Waals surface area contributed by atoms with E-state index in [4.69, 9.17) is 21.2 Å². The van der Waals surface area contributed by atoms with E-state index >= 15 is 0 Å². The molecule has 37 heavy (non-hydrogen) atoms. The van der Waals surface area contributed by atoms with Gasteiger partial charge >= 0.3 is 12.1 Å². The number of benzene rings is 1. The van der Waals surface area contributed by atoms with E-state index in [2.05, 4.69) is 5.16 Å². The van der Waals surface area contributed by atoms with E-state index in [-0.39, 0.29) is 29.1 Å². The SMILES string of the molecule is C[C@@H]1CC(=O)N1[C@@H](C(=O)O)[C@](C)(COC(=O)NNC(=O)C1CC(c2ccc(O)c(O)c2Cl)=NO1)S(=O)[O-]. The Labute approximate surface area is 216 Å². The Kier molecular flexibility index (Phi) is 8.14. The normalized spacial score (nSPS) is 22.0. The molecule has 0 saturated carbocycles. The minimum absolute atomic E-state index is 0.0491. The zero-order valence-corrected chi connectivity index (χ0v) is 20.9. The third kappa shape index (κ3) is 5.55. The number of hydrogen-bond acceptors (Lipinski definition) is 11. The lowest BCUT2D eigenvalue weighted by Gasteiger charge is -2.49. The summed E-state index contributed by atoms with van der Waals surface area (Å²) >= 11 is 2.88. The summed E-state index contributed by atoms with van der Waals surface area (Å²) in [7, 11) is 0. The van der Waals surface area contributed by atoms with E-state index in [1.807, 2.05) is 10.9 Å². The number of nitrogens with zero attached hydrogens (tertiary/aromatic N) is 2. The monoisotopic (exact) mass is 561 g/mol. The van der Waals surface area contributed by atoms with Crippen LogP contribution in [0.25, 0.3) is 0 Å². The summed E-state index contributed by atoms with van der Waals surface area (Å²) in [5.74, 6) is -4.07. The Morgan fingerprint density at radius 1 is 1.35 bits per heavy atom. The van der Waals surface area contributed by atoms with Gasteiger partial charge in [0.2, 0.25) is 12.0 Å². The van der Waals surface area contributed by atoms with E-state index in [0.717, 1.165) is 11.8 Å². The zero-order valence-electron chi connectivity index (χ0n) is 19.3. The number of carboxylic acids is 1. The Bertz CT molecular complexity index is 1200. The van der Waals surface area contributed by atoms with Crippen LogP contribution >= 0.6 is 11.6 Å². The number of nitrogens with one attached hydrogen (secondary N) is 2. The van der Waals surface area contributed by atoms with Gasteiger partial charge in [0.25, 0.3) is 5.91 Å². The van der Waals surface area contributed by atoms with Gasteiger partial charge in [0, 0.05) is 24.4 Å². The maximum absolute atomic E-state index is 12.3. The number of β-lactam (4-membered cyclic amide) rings is 1. The maximum atomic E-state index is 12.3. The molecule has 1 fully saturated rings. The van der Waals surface area contributed by atoms with Gasteiger partial charge in [-0.05, 0) is 37.1 Å². The molecule has 3 rings (SSSR count). The molecule has 1 saturated heterocycles. The van der Waals surface area contributed by atoms with Crippen molar-refractivity contribution in [3.63, 3.8) is 0 Å². The molecule has 0 bridgehead atoms. The minimum Gasteiger partial charge on any atom is -0.772 e. The molecule has 2 aliphatic rings. The van der Waals surface area contributed by atoms with Gasteiger partial charge in [-0.2, -0.15) is 0 Å². The summed E-state index contributed by atoms with van der Waals surface area (Å²) in [6.45, 7) is 1.61. The number of ether oxygens (including phenoxy) is 1. The summed E-state index contributed by atoms with van der Waals surface area (Å²) in [6.07, 6.45) is -2.62. The molecule has 1 aromatic rings. The first-order valence-corrected chi connectivity index (χ1v) is 12.0. The predicted octanol–water partition coefficient (Wildman–Crippen LogP) is -0.287. The second-order valence-electron chi connectivity index (χ2n) is 8.46. The average Bonchev–Trinajstić information content (AvgIpc) is 3.32. The van der Waals surface area contributed by atoms with Gasteiger partial charge < -0.3 is 34.3 Å². The molecule has 1 aromatic carbocycles. The Hall–Kier alpha value is -3.63. The topological polar surface area (TPSA) is 227 Å². The van der Waals surface area contributed by atoms with Crippen LogP contribution in [0.2, 0.25) is 5.02 Å². The average molecular weight is 562 g/mol. The molecule has 2 unspecified atom stereocenters. The molecule has 0 aliphatic carbocycles. The first kappa shape index (κ1) is 27.9. The lowest BCUT2D eigenvalue weighted by Crippen LogP contribution is -2.68. The number of phenols is 2. The summed E-state index contributed by atoms with van der Waals surface area (Å²) in [5, 5.41) is 32.3. The van der Waals surface area contributed by atoms with Crippen LogP contribution in [-0.2, 0) is 35.0 Å². The van der Waals surface area contributed by atoms with Crippen LogP contribution < -0.4 is 10.9 Å². The molecule has 0 aromatic heterocycles. The number of rotatable bonds is 8. The smallest absolute Gasteiger partial charge is 0.426 e. The van der Waals surface area contributed by atoms with Gasteiger partial charge in [0.1, 0.15) is 12.6 Å². The van der Waals surface area contributed by atoms with E-state index in [1.54, 1.807) is 6.92 Å². The van der Waals surface area contributed by atoms with Crippen molar-refractivity contribution in [3.8, 4) is 11.5 Å². The van der Waals surface area contributed by atoms with E-state index in [1.165, 1.54) is 12.1 Å². The van der Waals surface area contributed by atoms with Crippen molar-refractivity contribution in [1.29, 1.82) is 0 Å². The van der Waals surface area contributed by atoms with Crippen molar-refractivity contribution in [2.24, 2.45) is 5.16 Å². The van der Waals surface area contributed by atoms with Crippen LogP contribution in [0.15, 0.2) is 17.3 Å². The molecule has 17 heteroatoms. The number of aromatic hydroxyl groups is 2. The predicted molar refractivity (Wildman–Crippen MR) is 123 cm³/mol. The third-order valence-electron chi connectivity index (χ3n) is 5.85. The van der Waals surface area contributed by atoms with Crippen molar-refractivity contribution in [2.45, 2.75) is 49.6 Å². The van der Waals surface area contributed by atoms with Gasteiger partial charge in [0.15, 0.2) is 11.5 Å². The van der Waals surface area contributed by atoms with Crippen LogP contribution in [0, 0.1) is 0 Å². The molecule has 202 valence electrons. The number of aliphatic carboxylic acids is 1. The van der Waals surface area contributed by atoms with Gasteiger partial charge in [0.05, 0.1) is 15.5 Å². The fourth-order valence-electron chi connectivity index (χ4n) is 3.77. The number of hydrogen-bond donors (Lipinski definition) is 5. The van der Waals surface area contributed by atoms with Crippen LogP contribution in [0.3, 0.4) is 0 Å². The molecule has 15 nitrogen and oxygen atoms in total. The van der Waals surface area contributed by atoms with Crippen LogP contribution in [0.1, 0.15) is 32.3 Å². The summed E-state index contributed by atoms with van der Waals surface area (Å²) in [4.78, 5) is 54.1. The number of likely N-dealkylation sites (tertiary alicyclic amines) is 1. The number of hydrazine groups is 1. The fraction of sp³-hybridized carbons (Fsp3) is 0.450. The molecule has 5 atom stereocenters. The maximum Gasteiger partial charge on any atom is 0.426 e. The van der Waals surface area contributed by atoms with Crippen molar-refractivity contribution >= 4 is 52.3 Å². The molecular weight excluding hydrogens is 540 g/mol. The van der Waals surface area contributed by atoms with E-state index < -0.39 is 76.0 Å². The lowest BCUT2D eigenvalue weighted by atomic mass is 9.92. The highest BCUT2D eigenvalue weighted by Crippen LogP contribution is 2.37. The Balaban J connectivity index is 1.56. The van der Waals surface area contributed by atoms with Gasteiger partial charge in [-0.15, -0.1) is 0 Å². The molecule has 2 aliphatic heterocycles. The highest BCUT2D eigenvalue weighted by atomic mass is 35.5. The number of carboxylic acid groups (broad SMARTS) is 1. The highest BCUT2D eigenvalue weighted by Gasteiger charge is 2.52. The Morgan fingerprint density at radius 3 is 2.59 bits per heavy atom.